The zero-order chi connectivity index (χ0) is 23.5. The molecule has 0 atom stereocenters. The number of rotatable bonds is 8. The SMILES string of the molecule is CC(C)c1cc(C(C)C)c(S(=O)(=O)NCc2cccnc2-c2ccncc2)c(C(C)C)c1. The summed E-state index contributed by atoms with van der Waals surface area (Å²) in [5.74, 6) is 0.500. The summed E-state index contributed by atoms with van der Waals surface area (Å²) in [5.41, 5.74) is 5.38. The highest BCUT2D eigenvalue weighted by Crippen LogP contribution is 2.35. The Morgan fingerprint density at radius 2 is 1.44 bits per heavy atom. The lowest BCUT2D eigenvalue weighted by Gasteiger charge is -2.23. The van der Waals surface area contributed by atoms with Crippen molar-refractivity contribution < 1.29 is 8.42 Å². The molecule has 0 amide bonds. The molecule has 5 nitrogen and oxygen atoms in total. The number of aromatic nitrogens is 2. The van der Waals surface area contributed by atoms with Gasteiger partial charge in [-0.1, -0.05) is 59.7 Å². The van der Waals surface area contributed by atoms with Crippen molar-refractivity contribution in [1.29, 1.82) is 0 Å². The van der Waals surface area contributed by atoms with Gasteiger partial charge in [0.15, 0.2) is 0 Å². The lowest BCUT2D eigenvalue weighted by Crippen LogP contribution is -2.27. The molecule has 1 aromatic carbocycles. The highest BCUT2D eigenvalue weighted by atomic mass is 32.2. The van der Waals surface area contributed by atoms with E-state index in [1.165, 1.54) is 5.56 Å². The van der Waals surface area contributed by atoms with Crippen LogP contribution in [0.2, 0.25) is 0 Å². The number of hydrogen-bond donors (Lipinski definition) is 1. The van der Waals surface area contributed by atoms with Gasteiger partial charge >= 0.3 is 0 Å². The van der Waals surface area contributed by atoms with Crippen molar-refractivity contribution in [2.24, 2.45) is 0 Å². The number of benzene rings is 1. The van der Waals surface area contributed by atoms with Crippen molar-refractivity contribution in [2.45, 2.75) is 70.7 Å². The summed E-state index contributed by atoms with van der Waals surface area (Å²) in [7, 11) is -3.74. The molecule has 3 aromatic rings. The number of nitrogens with one attached hydrogen (secondary N) is 1. The van der Waals surface area contributed by atoms with Crippen molar-refractivity contribution in [1.82, 2.24) is 14.7 Å². The molecule has 0 aliphatic rings. The minimum atomic E-state index is -3.74. The molecule has 170 valence electrons. The Hall–Kier alpha value is -2.57. The van der Waals surface area contributed by atoms with Gasteiger partial charge in [0, 0.05) is 30.7 Å². The standard InChI is InChI=1S/C26H33N3O2S/c1-17(2)22-14-23(18(3)4)26(24(15-22)19(5)6)32(30,31)29-16-21-8-7-11-28-25(21)20-9-12-27-13-10-20/h7-15,17-19,29H,16H2,1-6H3. The van der Waals surface area contributed by atoms with Crippen LogP contribution in [0.5, 0.6) is 0 Å². The van der Waals surface area contributed by atoms with Crippen LogP contribution in [0.1, 0.15) is 81.5 Å². The van der Waals surface area contributed by atoms with Crippen molar-refractivity contribution in [2.75, 3.05) is 0 Å². The molecule has 0 fully saturated rings. The Bertz CT molecular complexity index is 1140. The Morgan fingerprint density at radius 1 is 0.844 bits per heavy atom. The molecule has 0 saturated carbocycles. The van der Waals surface area contributed by atoms with Gasteiger partial charge in [-0.05, 0) is 58.2 Å². The largest absolute Gasteiger partial charge is 0.265 e. The fourth-order valence-electron chi connectivity index (χ4n) is 3.80. The van der Waals surface area contributed by atoms with E-state index in [1.54, 1.807) is 18.6 Å². The molecule has 0 unspecified atom stereocenters. The normalized spacial score (nSPS) is 12.2. The van der Waals surface area contributed by atoms with Gasteiger partial charge < -0.3 is 0 Å². The summed E-state index contributed by atoms with van der Waals surface area (Å²) in [4.78, 5) is 8.96. The molecular formula is C26H33N3O2S. The third-order valence-electron chi connectivity index (χ3n) is 5.65. The van der Waals surface area contributed by atoms with Crippen LogP contribution in [0.15, 0.2) is 59.9 Å². The minimum Gasteiger partial charge on any atom is -0.265 e. The van der Waals surface area contributed by atoms with E-state index < -0.39 is 10.0 Å². The van der Waals surface area contributed by atoms with Gasteiger partial charge in [-0.25, -0.2) is 13.1 Å². The molecule has 0 aliphatic heterocycles. The highest BCUT2D eigenvalue weighted by Gasteiger charge is 2.27. The van der Waals surface area contributed by atoms with Gasteiger partial charge in [0.2, 0.25) is 10.0 Å². The van der Waals surface area contributed by atoms with Crippen LogP contribution in [-0.4, -0.2) is 18.4 Å². The molecule has 0 bridgehead atoms. The van der Waals surface area contributed by atoms with Gasteiger partial charge in [0.05, 0.1) is 10.6 Å². The maximum absolute atomic E-state index is 13.6. The van der Waals surface area contributed by atoms with Gasteiger partial charge in [-0.2, -0.15) is 0 Å². The molecule has 0 aliphatic carbocycles. The van der Waals surface area contributed by atoms with Crippen LogP contribution >= 0.6 is 0 Å². The van der Waals surface area contributed by atoms with Crippen LogP contribution in [0.3, 0.4) is 0 Å². The molecule has 0 spiro atoms. The lowest BCUT2D eigenvalue weighted by molar-refractivity contribution is 0.575. The number of nitrogens with zero attached hydrogens (tertiary/aromatic N) is 2. The molecule has 1 N–H and O–H groups in total. The van der Waals surface area contributed by atoms with Gasteiger partial charge in [0.1, 0.15) is 0 Å². The molecule has 2 heterocycles. The first kappa shape index (κ1) is 24.1. The Morgan fingerprint density at radius 3 is 1.97 bits per heavy atom. The third kappa shape index (κ3) is 5.25. The van der Waals surface area contributed by atoms with E-state index >= 15 is 0 Å². The Kier molecular flexibility index (Phi) is 7.47. The molecule has 32 heavy (non-hydrogen) atoms. The van der Waals surface area contributed by atoms with E-state index in [0.717, 1.165) is 27.9 Å². The quantitative estimate of drug-likeness (QED) is 0.456. The first-order valence-electron chi connectivity index (χ1n) is 11.1. The summed E-state index contributed by atoms with van der Waals surface area (Å²) >= 11 is 0. The van der Waals surface area contributed by atoms with E-state index in [-0.39, 0.29) is 18.4 Å². The number of hydrogen-bond acceptors (Lipinski definition) is 4. The highest BCUT2D eigenvalue weighted by molar-refractivity contribution is 7.89. The predicted octanol–water partition coefficient (Wildman–Crippen LogP) is 5.99. The van der Waals surface area contributed by atoms with Crippen LogP contribution in [0, 0.1) is 0 Å². The third-order valence-corrected chi connectivity index (χ3v) is 7.18. The Balaban J connectivity index is 2.03. The average molecular weight is 452 g/mol. The van der Waals surface area contributed by atoms with Crippen LogP contribution in [-0.2, 0) is 16.6 Å². The van der Waals surface area contributed by atoms with E-state index in [4.69, 9.17) is 0 Å². The summed E-state index contributed by atoms with van der Waals surface area (Å²) in [6.07, 6.45) is 5.13. The predicted molar refractivity (Wildman–Crippen MR) is 130 cm³/mol. The summed E-state index contributed by atoms with van der Waals surface area (Å²) in [5, 5.41) is 0. The second-order valence-electron chi connectivity index (χ2n) is 9.06. The van der Waals surface area contributed by atoms with Crippen LogP contribution in [0.25, 0.3) is 11.3 Å². The molecule has 3 rings (SSSR count). The van der Waals surface area contributed by atoms with Crippen LogP contribution < -0.4 is 4.72 Å². The van der Waals surface area contributed by atoms with E-state index in [9.17, 15) is 8.42 Å². The molecule has 0 radical (unpaired) electrons. The van der Waals surface area contributed by atoms with Crippen molar-refractivity contribution in [3.8, 4) is 11.3 Å². The van der Waals surface area contributed by atoms with Gasteiger partial charge in [0.25, 0.3) is 0 Å². The first-order valence-corrected chi connectivity index (χ1v) is 12.6. The second-order valence-corrected chi connectivity index (χ2v) is 10.8. The van der Waals surface area contributed by atoms with E-state index in [2.05, 4.69) is 40.7 Å². The van der Waals surface area contributed by atoms with Crippen LogP contribution in [0.4, 0.5) is 0 Å². The summed E-state index contributed by atoms with van der Waals surface area (Å²) in [6.45, 7) is 12.6. The van der Waals surface area contributed by atoms with Gasteiger partial charge in [-0.15, -0.1) is 0 Å². The maximum atomic E-state index is 13.6. The molecule has 0 saturated heterocycles. The molecule has 2 aromatic heterocycles. The van der Waals surface area contributed by atoms with Gasteiger partial charge in [-0.3, -0.25) is 9.97 Å². The van der Waals surface area contributed by atoms with Crippen molar-refractivity contribution in [3.05, 3.63) is 77.2 Å². The van der Waals surface area contributed by atoms with Crippen molar-refractivity contribution >= 4 is 10.0 Å². The maximum Gasteiger partial charge on any atom is 0.241 e. The average Bonchev–Trinajstić information content (AvgIpc) is 2.77. The lowest BCUT2D eigenvalue weighted by atomic mass is 9.89. The van der Waals surface area contributed by atoms with E-state index in [0.29, 0.717) is 10.8 Å². The number of sulfonamides is 1. The molecular weight excluding hydrogens is 418 g/mol. The summed E-state index contributed by atoms with van der Waals surface area (Å²) in [6, 6.07) is 11.6. The second kappa shape index (κ2) is 9.92. The fraction of sp³-hybridized carbons (Fsp3) is 0.385. The first-order chi connectivity index (χ1) is 15.1. The minimum absolute atomic E-state index is 0.0866. The van der Waals surface area contributed by atoms with Crippen molar-refractivity contribution in [3.63, 3.8) is 0 Å². The fourth-order valence-corrected chi connectivity index (χ4v) is 5.50. The zero-order valence-electron chi connectivity index (χ0n) is 19.8. The smallest absolute Gasteiger partial charge is 0.241 e. The van der Waals surface area contributed by atoms with E-state index in [1.807, 2.05) is 52.0 Å². The number of pyridine rings is 2. The summed E-state index contributed by atoms with van der Waals surface area (Å²) < 4.78 is 30.1. The zero-order valence-corrected chi connectivity index (χ0v) is 20.6. The monoisotopic (exact) mass is 451 g/mol. The molecule has 6 heteroatoms. The topological polar surface area (TPSA) is 72.0 Å². The Labute approximate surface area is 192 Å².